The first-order chi connectivity index (χ1) is 9.34. The average Bonchev–Trinajstić information content (AvgIpc) is 2.25. The largest absolute Gasteiger partial charge is 0.741 e. The molecule has 5 nitrogen and oxygen atoms in total. The number of rotatable bonds is 2. The van der Waals surface area contributed by atoms with Crippen molar-refractivity contribution in [3.8, 4) is 0 Å². The quantitative estimate of drug-likeness (QED) is 0.463. The second kappa shape index (κ2) is 7.76. The summed E-state index contributed by atoms with van der Waals surface area (Å²) in [5, 5.41) is 0.174. The predicted molar refractivity (Wildman–Crippen MR) is 70.1 cm³/mol. The zero-order valence-electron chi connectivity index (χ0n) is 11.5. The van der Waals surface area contributed by atoms with Gasteiger partial charge in [-0.1, -0.05) is 11.8 Å². The van der Waals surface area contributed by atoms with Crippen LogP contribution in [0.5, 0.6) is 0 Å². The molecule has 0 aromatic carbocycles. The van der Waals surface area contributed by atoms with E-state index in [0.717, 1.165) is 5.75 Å². The average molecular weight is 345 g/mol. The Morgan fingerprint density at radius 3 is 2.24 bits per heavy atom. The Labute approximate surface area is 124 Å². The van der Waals surface area contributed by atoms with Crippen LogP contribution in [0.4, 0.5) is 13.2 Å². The number of carbonyl (C=O) groups excluding carboxylic acids is 1. The summed E-state index contributed by atoms with van der Waals surface area (Å²) in [4.78, 5) is 10.8. The zero-order chi connectivity index (χ0) is 16.8. The van der Waals surface area contributed by atoms with Gasteiger partial charge in [-0.15, -0.1) is 0 Å². The molecule has 0 saturated heterocycles. The SMILES string of the molecule is CC(=O)SCc1cc[n+](C)cc1C.O=S(=O)([O-])C(F)(F)F. The Morgan fingerprint density at radius 1 is 1.43 bits per heavy atom. The summed E-state index contributed by atoms with van der Waals surface area (Å²) in [7, 11) is -4.10. The lowest BCUT2D eigenvalue weighted by atomic mass is 10.2. The van der Waals surface area contributed by atoms with E-state index < -0.39 is 15.6 Å². The first kappa shape index (κ1) is 19.9. The predicted octanol–water partition coefficient (Wildman–Crippen LogP) is 1.65. The Bertz CT molecular complexity index is 600. The van der Waals surface area contributed by atoms with Gasteiger partial charge in [0.25, 0.3) is 0 Å². The van der Waals surface area contributed by atoms with Gasteiger partial charge >= 0.3 is 5.51 Å². The van der Waals surface area contributed by atoms with Crippen molar-refractivity contribution in [2.24, 2.45) is 7.05 Å². The lowest BCUT2D eigenvalue weighted by Crippen LogP contribution is -2.27. The van der Waals surface area contributed by atoms with Gasteiger partial charge in [-0.2, -0.15) is 13.2 Å². The number of thioether (sulfide) groups is 1. The van der Waals surface area contributed by atoms with Crippen molar-refractivity contribution in [3.63, 3.8) is 0 Å². The Balaban J connectivity index is 0.000000433. The lowest BCUT2D eigenvalue weighted by molar-refractivity contribution is -0.671. The minimum Gasteiger partial charge on any atom is -0.741 e. The van der Waals surface area contributed by atoms with Gasteiger partial charge in [0.05, 0.1) is 0 Å². The monoisotopic (exact) mass is 345 g/mol. The van der Waals surface area contributed by atoms with E-state index >= 15 is 0 Å². The molecule has 1 rings (SSSR count). The maximum absolute atomic E-state index is 10.8. The summed E-state index contributed by atoms with van der Waals surface area (Å²) in [6.07, 6.45) is 4.07. The Kier molecular flexibility index (Phi) is 7.34. The third kappa shape index (κ3) is 8.02. The van der Waals surface area contributed by atoms with E-state index in [2.05, 4.69) is 19.2 Å². The fraction of sp³-hybridized carbons (Fsp3) is 0.455. The summed E-state index contributed by atoms with van der Waals surface area (Å²) in [6.45, 7) is 3.67. The molecule has 1 heterocycles. The zero-order valence-corrected chi connectivity index (χ0v) is 13.1. The fourth-order valence-electron chi connectivity index (χ4n) is 1.11. The van der Waals surface area contributed by atoms with Gasteiger partial charge in [0.2, 0.25) is 0 Å². The maximum atomic E-state index is 10.8. The van der Waals surface area contributed by atoms with Gasteiger partial charge in [-0.25, -0.2) is 13.0 Å². The maximum Gasteiger partial charge on any atom is 0.485 e. The molecule has 0 aliphatic rings. The molecule has 0 N–H and O–H groups in total. The molecule has 0 aliphatic heterocycles. The smallest absolute Gasteiger partial charge is 0.485 e. The van der Waals surface area contributed by atoms with Gasteiger partial charge in [0.1, 0.15) is 7.05 Å². The second-order valence-electron chi connectivity index (χ2n) is 4.00. The van der Waals surface area contributed by atoms with Gasteiger partial charge < -0.3 is 4.55 Å². The van der Waals surface area contributed by atoms with Crippen LogP contribution >= 0.6 is 11.8 Å². The van der Waals surface area contributed by atoms with Gasteiger partial charge in [0.15, 0.2) is 27.6 Å². The molecule has 0 atom stereocenters. The topological polar surface area (TPSA) is 78.1 Å². The third-order valence-electron chi connectivity index (χ3n) is 2.13. The van der Waals surface area contributed by atoms with Crippen LogP contribution in [-0.2, 0) is 27.7 Å². The van der Waals surface area contributed by atoms with Crippen molar-refractivity contribution in [2.45, 2.75) is 25.1 Å². The molecule has 0 saturated carbocycles. The van der Waals surface area contributed by atoms with E-state index in [9.17, 15) is 18.0 Å². The molecule has 10 heteroatoms. The number of alkyl halides is 3. The molecule has 0 fully saturated rings. The number of halogens is 3. The number of carbonyl (C=O) groups is 1. The molecule has 0 spiro atoms. The standard InChI is InChI=1S/C10H14NOS.CHF3O3S/c1-8-6-11(3)5-4-10(8)7-13-9(2)12;2-1(3,4)8(5,6)7/h4-6H,7H2,1-3H3;(H,5,6,7)/q+1;/p-1. The Morgan fingerprint density at radius 2 is 1.90 bits per heavy atom. The molecular weight excluding hydrogens is 331 g/mol. The summed E-state index contributed by atoms with van der Waals surface area (Å²) >= 11 is 1.36. The summed E-state index contributed by atoms with van der Waals surface area (Å²) in [5.74, 6) is 0.780. The molecule has 1 aromatic rings. The fourth-order valence-corrected chi connectivity index (χ4v) is 1.79. The highest BCUT2D eigenvalue weighted by Gasteiger charge is 2.36. The van der Waals surface area contributed by atoms with E-state index in [-0.39, 0.29) is 5.12 Å². The molecule has 0 aliphatic carbocycles. The van der Waals surface area contributed by atoms with Crippen LogP contribution in [0.2, 0.25) is 0 Å². The van der Waals surface area contributed by atoms with E-state index in [1.54, 1.807) is 6.92 Å². The number of hydrogen-bond acceptors (Lipinski definition) is 5. The van der Waals surface area contributed by atoms with E-state index in [1.165, 1.54) is 22.9 Å². The normalized spacial score (nSPS) is 11.6. The highest BCUT2D eigenvalue weighted by atomic mass is 32.2. The molecule has 0 radical (unpaired) electrons. The van der Waals surface area contributed by atoms with Crippen molar-refractivity contribution < 1.29 is 35.5 Å². The minimum absolute atomic E-state index is 0.174. The van der Waals surface area contributed by atoms with Crippen molar-refractivity contribution in [1.29, 1.82) is 0 Å². The molecule has 0 unspecified atom stereocenters. The second-order valence-corrected chi connectivity index (χ2v) is 6.52. The van der Waals surface area contributed by atoms with Gasteiger partial charge in [-0.05, 0) is 12.5 Å². The highest BCUT2D eigenvalue weighted by molar-refractivity contribution is 8.12. The Hall–Kier alpha value is -1.13. The van der Waals surface area contributed by atoms with Crippen LogP contribution in [0.15, 0.2) is 18.5 Å². The van der Waals surface area contributed by atoms with Crippen molar-refractivity contribution in [3.05, 3.63) is 29.6 Å². The van der Waals surface area contributed by atoms with Crippen LogP contribution in [0, 0.1) is 6.92 Å². The van der Waals surface area contributed by atoms with E-state index in [0.29, 0.717) is 0 Å². The summed E-state index contributed by atoms with van der Waals surface area (Å²) in [6, 6.07) is 2.06. The lowest BCUT2D eigenvalue weighted by Gasteiger charge is -2.08. The third-order valence-corrected chi connectivity index (χ3v) is 3.56. The number of aryl methyl sites for hydroxylation is 2. The molecule has 120 valence electrons. The van der Waals surface area contributed by atoms with Crippen LogP contribution in [0.25, 0.3) is 0 Å². The van der Waals surface area contributed by atoms with Crippen LogP contribution in [0.3, 0.4) is 0 Å². The molecule has 0 bridgehead atoms. The van der Waals surface area contributed by atoms with Crippen LogP contribution in [-0.4, -0.2) is 23.6 Å². The molecule has 1 aromatic heterocycles. The van der Waals surface area contributed by atoms with Gasteiger partial charge in [-0.3, -0.25) is 4.79 Å². The number of hydrogen-bond donors (Lipinski definition) is 0. The van der Waals surface area contributed by atoms with Crippen molar-refractivity contribution >= 4 is 27.0 Å². The van der Waals surface area contributed by atoms with Crippen molar-refractivity contribution in [1.82, 2.24) is 0 Å². The first-order valence-corrected chi connectivity index (χ1v) is 7.84. The molecule has 21 heavy (non-hydrogen) atoms. The number of aromatic nitrogens is 1. The minimum atomic E-state index is -6.09. The molecule has 0 amide bonds. The molecular formula is C11H14F3NO4S2. The van der Waals surface area contributed by atoms with E-state index in [4.69, 9.17) is 13.0 Å². The summed E-state index contributed by atoms with van der Waals surface area (Å²) in [5.41, 5.74) is -3.18. The number of nitrogens with zero attached hydrogens (tertiary/aromatic N) is 1. The van der Waals surface area contributed by atoms with Crippen LogP contribution in [0.1, 0.15) is 18.1 Å². The van der Waals surface area contributed by atoms with Crippen LogP contribution < -0.4 is 4.57 Å². The first-order valence-electron chi connectivity index (χ1n) is 5.45. The summed E-state index contributed by atoms with van der Waals surface area (Å²) < 4.78 is 60.9. The van der Waals surface area contributed by atoms with Gasteiger partial charge in [0, 0.05) is 24.3 Å². The van der Waals surface area contributed by atoms with Crippen molar-refractivity contribution in [2.75, 3.05) is 0 Å². The van der Waals surface area contributed by atoms with E-state index in [1.807, 2.05) is 17.8 Å². The highest BCUT2D eigenvalue weighted by Crippen LogP contribution is 2.20. The number of pyridine rings is 1.